The molecule has 0 amide bonds. The summed E-state index contributed by atoms with van der Waals surface area (Å²) in [5, 5.41) is 10.6. The van der Waals surface area contributed by atoms with Gasteiger partial charge in [0.2, 0.25) is 0 Å². The third kappa shape index (κ3) is 2.25. The average molecular weight is 288 g/mol. The van der Waals surface area contributed by atoms with Gasteiger partial charge in [0.05, 0.1) is 6.26 Å². The van der Waals surface area contributed by atoms with E-state index in [1.165, 1.54) is 6.26 Å². The van der Waals surface area contributed by atoms with Gasteiger partial charge < -0.3 is 9.52 Å². The Morgan fingerprint density at radius 1 is 1.33 bits per heavy atom. The first-order valence-corrected chi connectivity index (χ1v) is 5.52. The Bertz CT molecular complexity index is 454. The molecule has 0 saturated heterocycles. The summed E-state index contributed by atoms with van der Waals surface area (Å²) in [6.07, 6.45) is 0.759. The van der Waals surface area contributed by atoms with Gasteiger partial charge in [-0.05, 0) is 24.3 Å². The van der Waals surface area contributed by atoms with Gasteiger partial charge in [-0.1, -0.05) is 33.6 Å². The molecule has 0 aliphatic rings. The van der Waals surface area contributed by atoms with E-state index in [1.54, 1.807) is 30.3 Å². The van der Waals surface area contributed by atoms with Crippen LogP contribution in [0.15, 0.2) is 45.5 Å². The van der Waals surface area contributed by atoms with Crippen molar-refractivity contribution in [2.75, 3.05) is 0 Å². The van der Waals surface area contributed by atoms with Crippen molar-refractivity contribution in [1.82, 2.24) is 0 Å². The monoisotopic (exact) mass is 286 g/mol. The lowest BCUT2D eigenvalue weighted by Crippen LogP contribution is -1.98. The van der Waals surface area contributed by atoms with Gasteiger partial charge in [-0.25, -0.2) is 0 Å². The van der Waals surface area contributed by atoms with E-state index in [4.69, 9.17) is 16.0 Å². The smallest absolute Gasteiger partial charge is 0.138 e. The summed E-state index contributed by atoms with van der Waals surface area (Å²) in [5.41, 5.74) is 0.731. The lowest BCUT2D eigenvalue weighted by molar-refractivity contribution is 0.188. The van der Waals surface area contributed by atoms with Crippen LogP contribution in [0.2, 0.25) is 5.02 Å². The van der Waals surface area contributed by atoms with E-state index >= 15 is 0 Å². The summed E-state index contributed by atoms with van der Waals surface area (Å²) in [6.45, 7) is 0. The maximum absolute atomic E-state index is 9.99. The molecule has 1 aromatic heterocycles. The Kier molecular flexibility index (Phi) is 3.14. The maximum Gasteiger partial charge on any atom is 0.138 e. The molecule has 4 heteroatoms. The van der Waals surface area contributed by atoms with Crippen LogP contribution >= 0.6 is 27.5 Å². The molecule has 0 aliphatic carbocycles. The highest BCUT2D eigenvalue weighted by atomic mass is 79.9. The van der Waals surface area contributed by atoms with Crippen LogP contribution in [0.5, 0.6) is 0 Å². The first kappa shape index (κ1) is 10.7. The summed E-state index contributed by atoms with van der Waals surface area (Å²) in [4.78, 5) is 0. The lowest BCUT2D eigenvalue weighted by Gasteiger charge is -2.10. The highest BCUT2D eigenvalue weighted by Gasteiger charge is 2.15. The van der Waals surface area contributed by atoms with E-state index in [0.717, 1.165) is 10.0 Å². The molecule has 0 fully saturated rings. The predicted octanol–water partition coefficient (Wildman–Crippen LogP) is 3.78. The summed E-state index contributed by atoms with van der Waals surface area (Å²) < 4.78 is 5.89. The first-order valence-electron chi connectivity index (χ1n) is 4.35. The van der Waals surface area contributed by atoms with Gasteiger partial charge in [0, 0.05) is 15.1 Å². The lowest BCUT2D eigenvalue weighted by atomic mass is 10.1. The minimum absolute atomic E-state index is 0.512. The van der Waals surface area contributed by atoms with Crippen molar-refractivity contribution in [1.29, 1.82) is 0 Å². The topological polar surface area (TPSA) is 33.4 Å². The van der Waals surface area contributed by atoms with Crippen molar-refractivity contribution in [2.45, 2.75) is 6.10 Å². The third-order valence-electron chi connectivity index (χ3n) is 2.07. The molecule has 15 heavy (non-hydrogen) atoms. The van der Waals surface area contributed by atoms with E-state index in [9.17, 15) is 5.11 Å². The van der Waals surface area contributed by atoms with Crippen LogP contribution in [-0.2, 0) is 0 Å². The van der Waals surface area contributed by atoms with E-state index in [0.29, 0.717) is 10.8 Å². The quantitative estimate of drug-likeness (QED) is 0.912. The summed E-state index contributed by atoms with van der Waals surface area (Å²) in [6, 6.07) is 8.70. The van der Waals surface area contributed by atoms with Gasteiger partial charge >= 0.3 is 0 Å². The number of aliphatic hydroxyl groups is 1. The van der Waals surface area contributed by atoms with Crippen molar-refractivity contribution in [3.8, 4) is 0 Å². The largest absolute Gasteiger partial charge is 0.466 e. The van der Waals surface area contributed by atoms with Crippen LogP contribution in [0.3, 0.4) is 0 Å². The van der Waals surface area contributed by atoms with E-state index in [2.05, 4.69) is 15.9 Å². The predicted molar refractivity (Wildman–Crippen MR) is 61.9 cm³/mol. The molecule has 2 aromatic rings. The normalized spacial score (nSPS) is 12.7. The van der Waals surface area contributed by atoms with Crippen LogP contribution in [-0.4, -0.2) is 5.11 Å². The zero-order chi connectivity index (χ0) is 10.8. The molecular formula is C11H8BrClO2. The Morgan fingerprint density at radius 2 is 2.13 bits per heavy atom. The number of aliphatic hydroxyl groups excluding tert-OH is 1. The van der Waals surface area contributed by atoms with E-state index < -0.39 is 6.10 Å². The summed E-state index contributed by atoms with van der Waals surface area (Å²) >= 11 is 9.16. The molecule has 1 heterocycles. The summed E-state index contributed by atoms with van der Waals surface area (Å²) in [7, 11) is 0. The fourth-order valence-corrected chi connectivity index (χ4v) is 2.22. The first-order chi connectivity index (χ1) is 7.18. The highest BCUT2D eigenvalue weighted by Crippen LogP contribution is 2.30. The molecule has 1 aromatic carbocycles. The van der Waals surface area contributed by atoms with Crippen LogP contribution in [0.25, 0.3) is 0 Å². The average Bonchev–Trinajstić information content (AvgIpc) is 2.69. The van der Waals surface area contributed by atoms with Gasteiger partial charge in [-0.2, -0.15) is 0 Å². The third-order valence-corrected chi connectivity index (χ3v) is 2.99. The van der Waals surface area contributed by atoms with Crippen LogP contribution in [0.1, 0.15) is 17.4 Å². The highest BCUT2D eigenvalue weighted by molar-refractivity contribution is 9.10. The zero-order valence-corrected chi connectivity index (χ0v) is 9.99. The van der Waals surface area contributed by atoms with Crippen molar-refractivity contribution >= 4 is 27.5 Å². The number of furan rings is 1. The number of hydrogen-bond donors (Lipinski definition) is 1. The Balaban J connectivity index is 2.38. The van der Waals surface area contributed by atoms with Crippen molar-refractivity contribution in [2.24, 2.45) is 0 Å². The molecule has 0 radical (unpaired) electrons. The number of halogens is 2. The second kappa shape index (κ2) is 4.39. The maximum atomic E-state index is 9.99. The Labute approximate surface area is 101 Å². The zero-order valence-electron chi connectivity index (χ0n) is 7.65. The molecular weight excluding hydrogens is 279 g/mol. The molecule has 1 unspecified atom stereocenters. The molecule has 0 spiro atoms. The minimum atomic E-state index is -0.772. The molecule has 78 valence electrons. The van der Waals surface area contributed by atoms with Crippen molar-refractivity contribution in [3.05, 3.63) is 57.4 Å². The molecule has 0 bridgehead atoms. The van der Waals surface area contributed by atoms with Crippen molar-refractivity contribution < 1.29 is 9.52 Å². The van der Waals surface area contributed by atoms with Crippen LogP contribution in [0, 0.1) is 0 Å². The van der Waals surface area contributed by atoms with Crippen LogP contribution in [0.4, 0.5) is 0 Å². The molecule has 1 N–H and O–H groups in total. The Morgan fingerprint density at radius 3 is 2.73 bits per heavy atom. The molecule has 2 nitrogen and oxygen atoms in total. The van der Waals surface area contributed by atoms with E-state index in [1.807, 2.05) is 0 Å². The van der Waals surface area contributed by atoms with Crippen LogP contribution < -0.4 is 0 Å². The van der Waals surface area contributed by atoms with E-state index in [-0.39, 0.29) is 0 Å². The van der Waals surface area contributed by atoms with Gasteiger partial charge in [0.1, 0.15) is 11.9 Å². The molecule has 1 atom stereocenters. The van der Waals surface area contributed by atoms with Crippen molar-refractivity contribution in [3.63, 3.8) is 0 Å². The number of hydrogen-bond acceptors (Lipinski definition) is 2. The molecule has 2 rings (SSSR count). The molecule has 0 aliphatic heterocycles. The fraction of sp³-hybridized carbons (Fsp3) is 0.0909. The standard InChI is InChI=1S/C11H8BrClO2/c12-9-6-7(13)3-4-8(9)11(14)10-2-1-5-15-10/h1-6,11,14H. The van der Waals surface area contributed by atoms with Gasteiger partial charge in [0.25, 0.3) is 0 Å². The van der Waals surface area contributed by atoms with Gasteiger partial charge in [0.15, 0.2) is 0 Å². The van der Waals surface area contributed by atoms with Gasteiger partial charge in [-0.15, -0.1) is 0 Å². The molecule has 0 saturated carbocycles. The number of rotatable bonds is 2. The second-order valence-electron chi connectivity index (χ2n) is 3.08. The number of benzene rings is 1. The summed E-state index contributed by atoms with van der Waals surface area (Å²) in [5.74, 6) is 0.512. The van der Waals surface area contributed by atoms with Gasteiger partial charge in [-0.3, -0.25) is 0 Å². The SMILES string of the molecule is OC(c1ccco1)c1ccc(Cl)cc1Br. The Hall–Kier alpha value is -0.770. The second-order valence-corrected chi connectivity index (χ2v) is 4.37. The fourth-order valence-electron chi connectivity index (χ4n) is 1.32. The minimum Gasteiger partial charge on any atom is -0.466 e.